The van der Waals surface area contributed by atoms with Crippen molar-refractivity contribution in [1.29, 1.82) is 0 Å². The third-order valence-corrected chi connectivity index (χ3v) is 7.76. The zero-order chi connectivity index (χ0) is 26.9. The highest BCUT2D eigenvalue weighted by molar-refractivity contribution is 7.12. The van der Waals surface area contributed by atoms with Gasteiger partial charge in [0.2, 0.25) is 0 Å². The van der Waals surface area contributed by atoms with Crippen LogP contribution in [-0.4, -0.2) is 51.7 Å². The molecular weight excluding hydrogens is 514 g/mol. The summed E-state index contributed by atoms with van der Waals surface area (Å²) < 4.78 is 1.14. The van der Waals surface area contributed by atoms with Gasteiger partial charge in [-0.25, -0.2) is 0 Å². The molecule has 0 aliphatic carbocycles. The molecule has 9 nitrogen and oxygen atoms in total. The van der Waals surface area contributed by atoms with Gasteiger partial charge in [-0.15, -0.1) is 11.3 Å². The molecule has 0 bridgehead atoms. The Bertz CT molecular complexity index is 1740. The molecule has 6 rings (SSSR count). The summed E-state index contributed by atoms with van der Waals surface area (Å²) in [4.78, 5) is 42.5. The number of nitrogens with zero attached hydrogens (tertiary/aromatic N) is 5. The lowest BCUT2D eigenvalue weighted by molar-refractivity contribution is -0.384. The van der Waals surface area contributed by atoms with Crippen molar-refractivity contribution >= 4 is 39.4 Å². The Morgan fingerprint density at radius 3 is 2.28 bits per heavy atom. The van der Waals surface area contributed by atoms with Gasteiger partial charge in [0.25, 0.3) is 17.2 Å². The summed E-state index contributed by atoms with van der Waals surface area (Å²) in [6.07, 6.45) is 0. The van der Waals surface area contributed by atoms with Crippen molar-refractivity contribution in [3.05, 3.63) is 116 Å². The molecule has 39 heavy (non-hydrogen) atoms. The first-order valence-corrected chi connectivity index (χ1v) is 13.3. The van der Waals surface area contributed by atoms with Gasteiger partial charge < -0.3 is 9.80 Å². The van der Waals surface area contributed by atoms with E-state index in [9.17, 15) is 19.7 Å². The molecule has 1 aliphatic rings. The Kier molecular flexibility index (Phi) is 6.37. The lowest BCUT2D eigenvalue weighted by Crippen LogP contribution is -2.48. The highest BCUT2D eigenvalue weighted by Gasteiger charge is 2.26. The molecule has 0 atom stereocenters. The first kappa shape index (κ1) is 24.5. The quantitative estimate of drug-likeness (QED) is 0.231. The van der Waals surface area contributed by atoms with Crippen molar-refractivity contribution in [3.63, 3.8) is 0 Å². The van der Waals surface area contributed by atoms with Gasteiger partial charge in [0, 0.05) is 48.9 Å². The molecule has 1 amide bonds. The van der Waals surface area contributed by atoms with Crippen molar-refractivity contribution in [1.82, 2.24) is 14.7 Å². The van der Waals surface area contributed by atoms with Crippen LogP contribution in [0.4, 0.5) is 11.4 Å². The lowest BCUT2D eigenvalue weighted by atomic mass is 10.1. The Morgan fingerprint density at radius 1 is 0.872 bits per heavy atom. The molecule has 3 aromatic carbocycles. The number of carbonyl (C=O) groups is 1. The number of hydrogen-bond acceptors (Lipinski definition) is 7. The van der Waals surface area contributed by atoms with Gasteiger partial charge in [-0.05, 0) is 29.6 Å². The van der Waals surface area contributed by atoms with Gasteiger partial charge in [0.15, 0.2) is 0 Å². The number of rotatable bonds is 5. The second kappa shape index (κ2) is 10.1. The molecule has 1 aliphatic heterocycles. The van der Waals surface area contributed by atoms with Crippen LogP contribution in [0.2, 0.25) is 0 Å². The summed E-state index contributed by atoms with van der Waals surface area (Å²) in [6.45, 7) is 2.16. The number of nitro benzene ring substituents is 1. The number of piperazine rings is 1. The number of aromatic nitrogens is 2. The van der Waals surface area contributed by atoms with Crippen LogP contribution < -0.4 is 10.5 Å². The Labute approximate surface area is 227 Å². The van der Waals surface area contributed by atoms with E-state index >= 15 is 0 Å². The normalized spacial score (nSPS) is 13.5. The summed E-state index contributed by atoms with van der Waals surface area (Å²) in [5, 5.41) is 19.7. The van der Waals surface area contributed by atoms with Crippen LogP contribution >= 0.6 is 11.3 Å². The number of nitro groups is 1. The average molecular weight is 538 g/mol. The number of fused-ring (bicyclic) bond motifs is 1. The Balaban J connectivity index is 1.41. The minimum absolute atomic E-state index is 0.00870. The third-order valence-electron chi connectivity index (χ3n) is 6.90. The Morgan fingerprint density at radius 2 is 1.59 bits per heavy atom. The smallest absolute Gasteiger partial charge is 0.295 e. The summed E-state index contributed by atoms with van der Waals surface area (Å²) >= 11 is 1.42. The van der Waals surface area contributed by atoms with Crippen LogP contribution in [-0.2, 0) is 0 Å². The topological polar surface area (TPSA) is 102 Å². The van der Waals surface area contributed by atoms with Crippen molar-refractivity contribution < 1.29 is 9.72 Å². The van der Waals surface area contributed by atoms with Gasteiger partial charge in [-0.3, -0.25) is 19.7 Å². The van der Waals surface area contributed by atoms with E-state index in [-0.39, 0.29) is 17.3 Å². The Hall–Kier alpha value is -4.83. The van der Waals surface area contributed by atoms with E-state index in [0.717, 1.165) is 15.9 Å². The molecular formula is C29H23N5O4S. The highest BCUT2D eigenvalue weighted by Crippen LogP contribution is 2.31. The second-order valence-corrected chi connectivity index (χ2v) is 10.1. The van der Waals surface area contributed by atoms with Gasteiger partial charge in [0.05, 0.1) is 20.9 Å². The van der Waals surface area contributed by atoms with E-state index in [1.54, 1.807) is 24.3 Å². The van der Waals surface area contributed by atoms with Crippen LogP contribution in [0.15, 0.2) is 95.1 Å². The molecule has 194 valence electrons. The van der Waals surface area contributed by atoms with Crippen LogP contribution in [0.1, 0.15) is 9.67 Å². The van der Waals surface area contributed by atoms with E-state index in [0.29, 0.717) is 47.5 Å². The highest BCUT2D eigenvalue weighted by atomic mass is 32.1. The lowest BCUT2D eigenvalue weighted by Gasteiger charge is -2.36. The minimum Gasteiger partial charge on any atom is -0.368 e. The molecule has 0 radical (unpaired) electrons. The van der Waals surface area contributed by atoms with Gasteiger partial charge in [-0.1, -0.05) is 54.6 Å². The molecule has 2 aromatic heterocycles. The predicted molar refractivity (Wildman–Crippen MR) is 152 cm³/mol. The van der Waals surface area contributed by atoms with Gasteiger partial charge in [0.1, 0.15) is 5.69 Å². The molecule has 1 saturated heterocycles. The number of anilines is 1. The monoisotopic (exact) mass is 537 g/mol. The number of benzene rings is 3. The molecule has 10 heteroatoms. The number of thiophene rings is 1. The fourth-order valence-electron chi connectivity index (χ4n) is 4.92. The van der Waals surface area contributed by atoms with E-state index in [2.05, 4.69) is 10.00 Å². The fraction of sp³-hybridized carbons (Fsp3) is 0.138. The number of carbonyl (C=O) groups excluding carboxylic acids is 1. The zero-order valence-electron chi connectivity index (χ0n) is 20.8. The maximum atomic E-state index is 13.6. The summed E-state index contributed by atoms with van der Waals surface area (Å²) in [5.41, 5.74) is 1.54. The van der Waals surface area contributed by atoms with Gasteiger partial charge in [-0.2, -0.15) is 9.78 Å². The molecule has 0 unspecified atom stereocenters. The van der Waals surface area contributed by atoms with Crippen molar-refractivity contribution in [2.45, 2.75) is 0 Å². The molecule has 0 N–H and O–H groups in total. The number of hydrogen-bond donors (Lipinski definition) is 0. The van der Waals surface area contributed by atoms with Crippen LogP contribution in [0.3, 0.4) is 0 Å². The molecule has 5 aromatic rings. The van der Waals surface area contributed by atoms with Gasteiger partial charge >= 0.3 is 0 Å². The first-order valence-electron chi connectivity index (χ1n) is 12.5. The van der Waals surface area contributed by atoms with Crippen LogP contribution in [0, 0.1) is 10.1 Å². The summed E-state index contributed by atoms with van der Waals surface area (Å²) in [7, 11) is 0. The molecule has 0 saturated carbocycles. The van der Waals surface area contributed by atoms with Crippen molar-refractivity contribution in [3.8, 4) is 16.9 Å². The molecule has 3 heterocycles. The second-order valence-electron chi connectivity index (χ2n) is 9.16. The zero-order valence-corrected chi connectivity index (χ0v) is 21.6. The van der Waals surface area contributed by atoms with Crippen molar-refractivity contribution in [2.24, 2.45) is 0 Å². The van der Waals surface area contributed by atoms with E-state index in [1.807, 2.05) is 64.9 Å². The first-order chi connectivity index (χ1) is 19.0. The van der Waals surface area contributed by atoms with E-state index < -0.39 is 10.5 Å². The summed E-state index contributed by atoms with van der Waals surface area (Å²) in [6, 6.07) is 25.0. The average Bonchev–Trinajstić information content (AvgIpc) is 3.53. The van der Waals surface area contributed by atoms with E-state index in [4.69, 9.17) is 0 Å². The number of amides is 1. The largest absolute Gasteiger partial charge is 0.368 e. The van der Waals surface area contributed by atoms with E-state index in [1.165, 1.54) is 17.4 Å². The maximum Gasteiger partial charge on any atom is 0.295 e. The standard InChI is InChI=1S/C29H23N5O4S/c35-28-23-10-5-4-9-22(23)27(20-7-2-1-3-8-20)30-33(28)25-19-21(12-13-24(25)34(37)38)31-14-16-32(17-15-31)29(36)26-11-6-18-39-26/h1-13,18-19H,14-17H2. The molecule has 1 fully saturated rings. The minimum atomic E-state index is -0.498. The van der Waals surface area contributed by atoms with Crippen LogP contribution in [0.5, 0.6) is 0 Å². The summed E-state index contributed by atoms with van der Waals surface area (Å²) in [5.74, 6) is 0.00870. The third kappa shape index (κ3) is 4.55. The van der Waals surface area contributed by atoms with Crippen molar-refractivity contribution in [2.75, 3.05) is 31.1 Å². The fourth-order valence-corrected chi connectivity index (χ4v) is 5.61. The predicted octanol–water partition coefficient (Wildman–Crippen LogP) is 4.98. The SMILES string of the molecule is O=C(c1cccs1)N1CCN(c2ccc([N+](=O)[O-])c(-n3nc(-c4ccccc4)c4ccccc4c3=O)c2)CC1. The maximum absolute atomic E-state index is 13.6. The van der Waals surface area contributed by atoms with Crippen LogP contribution in [0.25, 0.3) is 27.7 Å². The molecule has 0 spiro atoms.